The van der Waals surface area contributed by atoms with Crippen LogP contribution < -0.4 is 0 Å². The van der Waals surface area contributed by atoms with Crippen molar-refractivity contribution in [1.82, 2.24) is 0 Å². The van der Waals surface area contributed by atoms with Crippen molar-refractivity contribution < 1.29 is 38.2 Å². The van der Waals surface area contributed by atoms with Gasteiger partial charge in [-0.25, -0.2) is 4.79 Å². The van der Waals surface area contributed by atoms with Crippen molar-refractivity contribution >= 4 is 17.9 Å². The molecular weight excluding hydrogens is 835 g/mol. The molecule has 2 atom stereocenters. The van der Waals surface area contributed by atoms with Gasteiger partial charge in [-0.2, -0.15) is 0 Å². The van der Waals surface area contributed by atoms with E-state index >= 15 is 0 Å². The Morgan fingerprint density at radius 3 is 1.27 bits per heavy atom. The summed E-state index contributed by atoms with van der Waals surface area (Å²) in [7, 11) is 5.51. The van der Waals surface area contributed by atoms with E-state index in [1.807, 2.05) is 21.1 Å². The van der Waals surface area contributed by atoms with E-state index in [1.54, 1.807) is 0 Å². The molecule has 0 aliphatic heterocycles. The predicted molar refractivity (Wildman–Crippen MR) is 284 cm³/mol. The van der Waals surface area contributed by atoms with E-state index in [0.29, 0.717) is 19.3 Å². The minimum Gasteiger partial charge on any atom is -0.477 e. The van der Waals surface area contributed by atoms with E-state index in [0.717, 1.165) is 83.5 Å². The number of hydrogen-bond acceptors (Lipinski definition) is 6. The Morgan fingerprint density at radius 1 is 0.463 bits per heavy atom. The van der Waals surface area contributed by atoms with Crippen molar-refractivity contribution in [2.75, 3.05) is 41.0 Å². The molecule has 0 aromatic rings. The second-order valence-corrected chi connectivity index (χ2v) is 18.7. The summed E-state index contributed by atoms with van der Waals surface area (Å²) in [6, 6.07) is -0.631. The number of quaternary nitrogens is 1. The first-order valence-corrected chi connectivity index (χ1v) is 26.8. The summed E-state index contributed by atoms with van der Waals surface area (Å²) in [6.45, 7) is 4.57. The van der Waals surface area contributed by atoms with Crippen LogP contribution in [-0.2, 0) is 28.6 Å². The predicted octanol–water partition coefficient (Wildman–Crippen LogP) is 15.8. The average molecular weight is 935 g/mol. The summed E-state index contributed by atoms with van der Waals surface area (Å²) in [4.78, 5) is 37.2. The second-order valence-electron chi connectivity index (χ2n) is 18.7. The van der Waals surface area contributed by atoms with Gasteiger partial charge in [-0.05, 0) is 96.3 Å². The molecule has 0 aliphatic carbocycles. The van der Waals surface area contributed by atoms with E-state index in [2.05, 4.69) is 111 Å². The van der Waals surface area contributed by atoms with Gasteiger partial charge in [0.1, 0.15) is 6.61 Å². The summed E-state index contributed by atoms with van der Waals surface area (Å²) in [5.41, 5.74) is 0. The number of unbranched alkanes of at least 4 members (excludes halogenated alkanes) is 17. The van der Waals surface area contributed by atoms with Crippen LogP contribution in [-0.4, -0.2) is 80.6 Å². The number of allylic oxidation sites excluding steroid dienone is 16. The van der Waals surface area contributed by atoms with Gasteiger partial charge in [0.15, 0.2) is 12.1 Å². The van der Waals surface area contributed by atoms with E-state index in [-0.39, 0.29) is 42.7 Å². The van der Waals surface area contributed by atoms with Gasteiger partial charge in [-0.3, -0.25) is 9.59 Å². The molecule has 0 heterocycles. The smallest absolute Gasteiger partial charge is 0.362 e. The van der Waals surface area contributed by atoms with Crippen LogP contribution in [0.1, 0.15) is 206 Å². The largest absolute Gasteiger partial charge is 0.477 e. The van der Waals surface area contributed by atoms with Crippen LogP contribution in [0.3, 0.4) is 0 Å². The van der Waals surface area contributed by atoms with Crippen molar-refractivity contribution in [3.8, 4) is 0 Å². The number of nitrogens with zero attached hydrogens (tertiary/aromatic N) is 1. The minimum absolute atomic E-state index is 0.0350. The Labute approximate surface area is 411 Å². The van der Waals surface area contributed by atoms with Crippen molar-refractivity contribution in [3.05, 3.63) is 97.2 Å². The van der Waals surface area contributed by atoms with Gasteiger partial charge in [-0.1, -0.05) is 188 Å². The summed E-state index contributed by atoms with van der Waals surface area (Å²) < 4.78 is 17.3. The highest BCUT2D eigenvalue weighted by atomic mass is 16.6. The lowest BCUT2D eigenvalue weighted by Crippen LogP contribution is -2.50. The van der Waals surface area contributed by atoms with E-state index < -0.39 is 18.1 Å². The van der Waals surface area contributed by atoms with Gasteiger partial charge in [0.25, 0.3) is 0 Å². The van der Waals surface area contributed by atoms with Gasteiger partial charge in [0.2, 0.25) is 0 Å². The van der Waals surface area contributed by atoms with Crippen LogP contribution in [0.25, 0.3) is 0 Å². The van der Waals surface area contributed by atoms with Gasteiger partial charge in [0, 0.05) is 19.3 Å². The Bertz CT molecular complexity index is 1410. The zero-order valence-electron chi connectivity index (χ0n) is 43.6. The van der Waals surface area contributed by atoms with E-state index in [1.165, 1.54) is 83.5 Å². The topological polar surface area (TPSA) is 99.1 Å². The lowest BCUT2D eigenvalue weighted by atomic mass is 10.1. The van der Waals surface area contributed by atoms with Crippen LogP contribution in [0.4, 0.5) is 0 Å². The molecule has 1 N–H and O–H groups in total. The number of rotatable bonds is 47. The number of carbonyl (C=O) groups is 3. The summed E-state index contributed by atoms with van der Waals surface area (Å²) in [6.07, 6.45) is 66.1. The van der Waals surface area contributed by atoms with Crippen LogP contribution in [0.15, 0.2) is 97.2 Å². The Morgan fingerprint density at radius 2 is 0.836 bits per heavy atom. The third-order valence-electron chi connectivity index (χ3n) is 11.5. The molecule has 0 aromatic heterocycles. The van der Waals surface area contributed by atoms with Crippen molar-refractivity contribution in [2.24, 2.45) is 0 Å². The maximum Gasteiger partial charge on any atom is 0.362 e. The molecule has 0 radical (unpaired) electrons. The molecule has 67 heavy (non-hydrogen) atoms. The van der Waals surface area contributed by atoms with Crippen molar-refractivity contribution in [3.63, 3.8) is 0 Å². The Hall–Kier alpha value is -3.75. The Kier molecular flexibility index (Phi) is 46.0. The minimum atomic E-state index is -0.886. The highest BCUT2D eigenvalue weighted by Crippen LogP contribution is 2.14. The molecule has 0 aromatic carbocycles. The standard InChI is InChI=1S/C59H99NO7/c1-6-8-10-12-14-16-18-20-22-24-26-28-30-31-33-35-37-39-41-43-45-47-49-57(61)66-54-55(53-65-52-51-56(59(63)64)60(3,4)5)67-58(62)50-48-46-44-42-40-38-36-34-32-29-27-25-23-21-19-17-15-13-11-9-7-2/h9,11,15,17,21,23-24,26-27,29-31,34,36,40,42,55-56H,6-8,10,12-14,16,18-20,22,25,28,32-33,35,37-39,41,43-54H2,1-5H3/p+1/b11-9+,17-15+,23-21+,26-24+,29-27+,31-30+,36-34+,42-40+. The number of hydrogen-bond donors (Lipinski definition) is 1. The number of esters is 2. The third kappa shape index (κ3) is 47.1. The highest BCUT2D eigenvalue weighted by Gasteiger charge is 2.31. The summed E-state index contributed by atoms with van der Waals surface area (Å²) in [5, 5.41) is 9.66. The second kappa shape index (κ2) is 48.7. The average Bonchev–Trinajstić information content (AvgIpc) is 3.29. The molecule has 0 saturated carbocycles. The molecule has 0 fully saturated rings. The number of carboxylic acids is 1. The normalized spacial score (nSPS) is 13.6. The maximum absolute atomic E-state index is 12.8. The first-order chi connectivity index (χ1) is 32.6. The molecule has 0 rings (SSSR count). The maximum atomic E-state index is 12.8. The molecule has 8 nitrogen and oxygen atoms in total. The molecule has 8 heteroatoms. The van der Waals surface area contributed by atoms with E-state index in [9.17, 15) is 19.5 Å². The van der Waals surface area contributed by atoms with Crippen LogP contribution in [0, 0.1) is 0 Å². The fourth-order valence-corrected chi connectivity index (χ4v) is 7.36. The zero-order valence-corrected chi connectivity index (χ0v) is 43.6. The number of likely N-dealkylation sites (N-methyl/N-ethyl adjacent to an activating group) is 1. The Balaban J connectivity index is 4.34. The summed E-state index contributed by atoms with van der Waals surface area (Å²) in [5.74, 6) is -1.54. The van der Waals surface area contributed by atoms with Crippen LogP contribution >= 0.6 is 0 Å². The molecule has 0 aliphatic rings. The van der Waals surface area contributed by atoms with Crippen molar-refractivity contribution in [2.45, 2.75) is 219 Å². The van der Waals surface area contributed by atoms with E-state index in [4.69, 9.17) is 14.2 Å². The lowest BCUT2D eigenvalue weighted by molar-refractivity contribution is -0.887. The highest BCUT2D eigenvalue weighted by molar-refractivity contribution is 5.72. The first-order valence-electron chi connectivity index (χ1n) is 26.8. The first kappa shape index (κ1) is 63.2. The molecule has 0 saturated heterocycles. The van der Waals surface area contributed by atoms with Gasteiger partial charge < -0.3 is 23.8 Å². The van der Waals surface area contributed by atoms with Gasteiger partial charge >= 0.3 is 17.9 Å². The molecule has 0 amide bonds. The molecular formula is C59H100NO7+. The van der Waals surface area contributed by atoms with Crippen LogP contribution in [0.2, 0.25) is 0 Å². The zero-order chi connectivity index (χ0) is 49.2. The number of carboxylic acid groups (broad SMARTS) is 1. The summed E-state index contributed by atoms with van der Waals surface area (Å²) >= 11 is 0. The molecule has 0 bridgehead atoms. The SMILES string of the molecule is CC/C=C/C/C=C/C/C=C/C/C=C/C/C=C/C/C=C/CCCCC(=O)OC(COCCC(C(=O)O)[N+](C)(C)C)COC(=O)CCCCCCCCC/C=C/C/C=C/CCCCCCCCCC. The quantitative estimate of drug-likeness (QED) is 0.0281. The monoisotopic (exact) mass is 935 g/mol. The number of carbonyl (C=O) groups excluding carboxylic acids is 2. The number of aliphatic carboxylic acids is 1. The number of ether oxygens (including phenoxy) is 3. The third-order valence-corrected chi connectivity index (χ3v) is 11.5. The van der Waals surface area contributed by atoms with Crippen LogP contribution in [0.5, 0.6) is 0 Å². The van der Waals surface area contributed by atoms with Crippen molar-refractivity contribution in [1.29, 1.82) is 0 Å². The fraction of sp³-hybridized carbons (Fsp3) is 0.678. The fourth-order valence-electron chi connectivity index (χ4n) is 7.36. The molecule has 2 unspecified atom stereocenters. The molecule has 0 spiro atoms. The lowest BCUT2D eigenvalue weighted by Gasteiger charge is -2.31. The van der Waals surface area contributed by atoms with Gasteiger partial charge in [0.05, 0.1) is 34.4 Å². The molecule has 382 valence electrons. The van der Waals surface area contributed by atoms with Gasteiger partial charge in [-0.15, -0.1) is 0 Å².